The zero-order chi connectivity index (χ0) is 11.7. The summed E-state index contributed by atoms with van der Waals surface area (Å²) in [5.41, 5.74) is 6.87. The van der Waals surface area contributed by atoms with Gasteiger partial charge in [-0.1, -0.05) is 0 Å². The number of ether oxygens (including phenoxy) is 1. The number of nitrogens with zero attached hydrogens (tertiary/aromatic N) is 2. The second kappa shape index (κ2) is 4.63. The van der Waals surface area contributed by atoms with Crippen LogP contribution in [-0.4, -0.2) is 33.5 Å². The predicted octanol–water partition coefficient (Wildman–Crippen LogP) is 1.57. The van der Waals surface area contributed by atoms with Crippen molar-refractivity contribution in [2.75, 3.05) is 18.1 Å². The number of nitrogens with two attached hydrogens (primary N) is 1. The molecule has 0 aliphatic carbocycles. The van der Waals surface area contributed by atoms with Crippen molar-refractivity contribution in [2.24, 2.45) is 5.73 Å². The van der Waals surface area contributed by atoms with E-state index >= 15 is 0 Å². The first-order chi connectivity index (χ1) is 8.31. The Morgan fingerprint density at radius 2 is 2.59 bits per heavy atom. The average molecular weight is 253 g/mol. The van der Waals surface area contributed by atoms with Crippen LogP contribution in [0.5, 0.6) is 0 Å². The first-order valence-electron chi connectivity index (χ1n) is 6.26. The van der Waals surface area contributed by atoms with Crippen LogP contribution < -0.4 is 5.73 Å². The average Bonchev–Trinajstić information content (AvgIpc) is 2.99. The van der Waals surface area contributed by atoms with Crippen molar-refractivity contribution in [3.8, 4) is 0 Å². The highest BCUT2D eigenvalue weighted by molar-refractivity contribution is 7.99. The van der Waals surface area contributed by atoms with E-state index in [0.717, 1.165) is 30.8 Å². The van der Waals surface area contributed by atoms with Crippen LogP contribution in [0.25, 0.3) is 0 Å². The molecule has 1 aromatic rings. The first-order valence-corrected chi connectivity index (χ1v) is 7.42. The molecule has 2 fully saturated rings. The first kappa shape index (κ1) is 11.6. The SMILES string of the molecule is NCc1cnn(C2CCOC3(CCSC3)C2)c1. The van der Waals surface area contributed by atoms with Gasteiger partial charge >= 0.3 is 0 Å². The standard InChI is InChI=1S/C12H19N3OS/c13-6-10-7-14-15(8-10)11-1-3-16-12(5-11)2-4-17-9-12/h7-8,11H,1-6,9,13H2. The third-order valence-electron chi connectivity index (χ3n) is 3.80. The van der Waals surface area contributed by atoms with E-state index in [2.05, 4.69) is 16.0 Å². The lowest BCUT2D eigenvalue weighted by Gasteiger charge is -2.37. The molecule has 94 valence electrons. The number of aromatic nitrogens is 2. The molecule has 17 heavy (non-hydrogen) atoms. The molecule has 2 N–H and O–H groups in total. The molecule has 1 aromatic heterocycles. The van der Waals surface area contributed by atoms with Crippen molar-refractivity contribution >= 4 is 11.8 Å². The maximum Gasteiger partial charge on any atom is 0.0800 e. The molecule has 4 nitrogen and oxygen atoms in total. The van der Waals surface area contributed by atoms with Crippen molar-refractivity contribution in [1.29, 1.82) is 0 Å². The molecule has 0 aromatic carbocycles. The number of thioether (sulfide) groups is 1. The molecule has 1 spiro atoms. The summed E-state index contributed by atoms with van der Waals surface area (Å²) in [4.78, 5) is 0. The highest BCUT2D eigenvalue weighted by Gasteiger charge is 2.41. The molecule has 2 saturated heterocycles. The zero-order valence-electron chi connectivity index (χ0n) is 9.97. The molecule has 5 heteroatoms. The fourth-order valence-corrected chi connectivity index (χ4v) is 4.15. The van der Waals surface area contributed by atoms with Gasteiger partial charge in [0, 0.05) is 30.7 Å². The lowest BCUT2D eigenvalue weighted by molar-refractivity contribution is -0.0778. The van der Waals surface area contributed by atoms with Crippen LogP contribution in [0.3, 0.4) is 0 Å². The zero-order valence-corrected chi connectivity index (χ0v) is 10.8. The highest BCUT2D eigenvalue weighted by Crippen LogP contribution is 2.41. The lowest BCUT2D eigenvalue weighted by atomic mass is 9.90. The smallest absolute Gasteiger partial charge is 0.0800 e. The lowest BCUT2D eigenvalue weighted by Crippen LogP contribution is -2.40. The van der Waals surface area contributed by atoms with E-state index in [1.54, 1.807) is 0 Å². The van der Waals surface area contributed by atoms with Crippen LogP contribution in [0.1, 0.15) is 30.9 Å². The Morgan fingerprint density at radius 1 is 1.65 bits per heavy atom. The van der Waals surface area contributed by atoms with Crippen LogP contribution >= 0.6 is 11.8 Å². The van der Waals surface area contributed by atoms with Gasteiger partial charge in [-0.25, -0.2) is 0 Å². The number of rotatable bonds is 2. The molecule has 3 heterocycles. The van der Waals surface area contributed by atoms with Crippen LogP contribution in [0.4, 0.5) is 0 Å². The number of hydrogen-bond donors (Lipinski definition) is 1. The second-order valence-corrected chi connectivity index (χ2v) is 6.12. The minimum absolute atomic E-state index is 0.127. The molecule has 3 rings (SSSR count). The molecule has 0 radical (unpaired) electrons. The van der Waals surface area contributed by atoms with E-state index in [1.165, 1.54) is 12.2 Å². The van der Waals surface area contributed by atoms with Crippen molar-refractivity contribution < 1.29 is 4.74 Å². The Morgan fingerprint density at radius 3 is 3.29 bits per heavy atom. The Bertz CT molecular complexity index is 387. The van der Waals surface area contributed by atoms with Crippen LogP contribution in [0, 0.1) is 0 Å². The third-order valence-corrected chi connectivity index (χ3v) is 5.02. The van der Waals surface area contributed by atoms with Crippen LogP contribution in [0.15, 0.2) is 12.4 Å². The minimum atomic E-state index is 0.127. The molecule has 2 aliphatic heterocycles. The molecule has 0 bridgehead atoms. The Labute approximate surface area is 106 Å². The van der Waals surface area contributed by atoms with E-state index in [4.69, 9.17) is 10.5 Å². The monoisotopic (exact) mass is 253 g/mol. The summed E-state index contributed by atoms with van der Waals surface area (Å²) < 4.78 is 8.12. The van der Waals surface area contributed by atoms with E-state index in [1.807, 2.05) is 18.0 Å². The minimum Gasteiger partial charge on any atom is -0.374 e. The van der Waals surface area contributed by atoms with Gasteiger partial charge in [-0.15, -0.1) is 0 Å². The van der Waals surface area contributed by atoms with E-state index < -0.39 is 0 Å². The quantitative estimate of drug-likeness (QED) is 0.869. The summed E-state index contributed by atoms with van der Waals surface area (Å²) in [6.07, 6.45) is 7.33. The van der Waals surface area contributed by atoms with Crippen LogP contribution in [0.2, 0.25) is 0 Å². The van der Waals surface area contributed by atoms with Crippen molar-refractivity contribution in [3.63, 3.8) is 0 Å². The van der Waals surface area contributed by atoms with Gasteiger partial charge in [0.25, 0.3) is 0 Å². The normalized spacial score (nSPS) is 33.4. The Kier molecular flexibility index (Phi) is 3.15. The predicted molar refractivity (Wildman–Crippen MR) is 69.0 cm³/mol. The molecular formula is C12H19N3OS. The molecule has 0 saturated carbocycles. The molecule has 0 amide bonds. The van der Waals surface area contributed by atoms with Gasteiger partial charge in [0.15, 0.2) is 0 Å². The van der Waals surface area contributed by atoms with Gasteiger partial charge in [0.2, 0.25) is 0 Å². The summed E-state index contributed by atoms with van der Waals surface area (Å²) >= 11 is 2.01. The van der Waals surface area contributed by atoms with Gasteiger partial charge in [-0.3, -0.25) is 4.68 Å². The molecule has 2 aliphatic rings. The van der Waals surface area contributed by atoms with Crippen molar-refractivity contribution in [3.05, 3.63) is 18.0 Å². The maximum atomic E-state index is 6.02. The summed E-state index contributed by atoms with van der Waals surface area (Å²) in [6, 6.07) is 0.489. The highest BCUT2D eigenvalue weighted by atomic mass is 32.2. The maximum absolute atomic E-state index is 6.02. The van der Waals surface area contributed by atoms with Gasteiger partial charge in [0.1, 0.15) is 0 Å². The molecular weight excluding hydrogens is 234 g/mol. The van der Waals surface area contributed by atoms with E-state index in [-0.39, 0.29) is 5.60 Å². The van der Waals surface area contributed by atoms with Gasteiger partial charge in [-0.05, 0) is 25.0 Å². The van der Waals surface area contributed by atoms with Gasteiger partial charge in [0.05, 0.1) is 17.8 Å². The van der Waals surface area contributed by atoms with Gasteiger partial charge < -0.3 is 10.5 Å². The fourth-order valence-electron chi connectivity index (χ4n) is 2.77. The summed E-state index contributed by atoms with van der Waals surface area (Å²) in [6.45, 7) is 1.44. The second-order valence-electron chi connectivity index (χ2n) is 5.01. The van der Waals surface area contributed by atoms with Crippen LogP contribution in [-0.2, 0) is 11.3 Å². The largest absolute Gasteiger partial charge is 0.374 e. The Hall–Kier alpha value is -0.520. The Balaban J connectivity index is 1.74. The summed E-state index contributed by atoms with van der Waals surface area (Å²) in [5.74, 6) is 2.38. The summed E-state index contributed by atoms with van der Waals surface area (Å²) in [7, 11) is 0. The van der Waals surface area contributed by atoms with Crippen molar-refractivity contribution in [2.45, 2.75) is 37.5 Å². The third kappa shape index (κ3) is 2.23. The topological polar surface area (TPSA) is 53.1 Å². The molecule has 2 unspecified atom stereocenters. The van der Waals surface area contributed by atoms with Gasteiger partial charge in [-0.2, -0.15) is 16.9 Å². The van der Waals surface area contributed by atoms with Crippen molar-refractivity contribution in [1.82, 2.24) is 9.78 Å². The summed E-state index contributed by atoms with van der Waals surface area (Å²) in [5, 5.41) is 4.44. The number of hydrogen-bond acceptors (Lipinski definition) is 4. The van der Waals surface area contributed by atoms with E-state index in [9.17, 15) is 0 Å². The molecule has 2 atom stereocenters. The van der Waals surface area contributed by atoms with E-state index in [0.29, 0.717) is 12.6 Å². The fraction of sp³-hybridized carbons (Fsp3) is 0.750.